The molecular weight excluding hydrogens is 293 g/mol. The first-order valence-electron chi connectivity index (χ1n) is 5.73. The molecule has 1 atom stereocenters. The summed E-state index contributed by atoms with van der Waals surface area (Å²) in [5.41, 5.74) is 0.174. The Kier molecular flexibility index (Phi) is 4.21. The van der Waals surface area contributed by atoms with Crippen molar-refractivity contribution in [1.82, 2.24) is 0 Å². The summed E-state index contributed by atoms with van der Waals surface area (Å²) in [6.45, 7) is 2.00. The van der Waals surface area contributed by atoms with Gasteiger partial charge in [-0.15, -0.1) is 22.9 Å². The number of aryl methyl sites for hydroxylation is 1. The van der Waals surface area contributed by atoms with E-state index in [1.54, 1.807) is 11.3 Å². The molecule has 0 amide bonds. The zero-order valence-corrected chi connectivity index (χ0v) is 11.7. The Morgan fingerprint density at radius 1 is 1.11 bits per heavy atom. The highest BCUT2D eigenvalue weighted by molar-refractivity contribution is 7.12. The number of halogens is 4. The van der Waals surface area contributed by atoms with Crippen LogP contribution in [0.2, 0.25) is 0 Å². The van der Waals surface area contributed by atoms with Crippen LogP contribution >= 0.6 is 22.9 Å². The number of benzene rings is 1. The lowest BCUT2D eigenvalue weighted by Crippen LogP contribution is -2.04. The Morgan fingerprint density at radius 3 is 2.21 bits per heavy atom. The Morgan fingerprint density at radius 2 is 1.74 bits per heavy atom. The van der Waals surface area contributed by atoms with Gasteiger partial charge in [-0.05, 0) is 43.2 Å². The van der Waals surface area contributed by atoms with Crippen LogP contribution in [-0.4, -0.2) is 0 Å². The monoisotopic (exact) mass is 304 g/mol. The standard InChI is InChI=1S/C14H12ClF3S/c1-9-2-7-13(19-9)12(15)8-10-3-5-11(6-4-10)14(16,17)18/h2-7,12H,8H2,1H3. The largest absolute Gasteiger partial charge is 0.416 e. The Bertz CT molecular complexity index is 543. The van der Waals surface area contributed by atoms with Gasteiger partial charge < -0.3 is 0 Å². The van der Waals surface area contributed by atoms with Gasteiger partial charge in [0.15, 0.2) is 0 Å². The van der Waals surface area contributed by atoms with Crippen LogP contribution in [0.3, 0.4) is 0 Å². The second-order valence-electron chi connectivity index (χ2n) is 4.31. The molecule has 2 rings (SSSR count). The minimum atomic E-state index is -4.29. The molecule has 1 heterocycles. The predicted octanol–water partition coefficient (Wildman–Crippen LogP) is 5.60. The van der Waals surface area contributed by atoms with Crippen molar-refractivity contribution >= 4 is 22.9 Å². The van der Waals surface area contributed by atoms with Crippen LogP contribution in [0, 0.1) is 6.92 Å². The van der Waals surface area contributed by atoms with Gasteiger partial charge in [-0.1, -0.05) is 12.1 Å². The fourth-order valence-corrected chi connectivity index (χ4v) is 3.00. The summed E-state index contributed by atoms with van der Waals surface area (Å²) < 4.78 is 37.3. The van der Waals surface area contributed by atoms with Gasteiger partial charge in [0.25, 0.3) is 0 Å². The first-order chi connectivity index (χ1) is 8.86. The average Bonchev–Trinajstić information content (AvgIpc) is 2.75. The molecular formula is C14H12ClF3S. The number of rotatable bonds is 3. The van der Waals surface area contributed by atoms with Crippen LogP contribution in [0.15, 0.2) is 36.4 Å². The second kappa shape index (κ2) is 5.55. The van der Waals surface area contributed by atoms with Crippen LogP contribution in [-0.2, 0) is 12.6 Å². The van der Waals surface area contributed by atoms with E-state index in [1.165, 1.54) is 17.0 Å². The normalized spacial score (nSPS) is 13.5. The smallest absolute Gasteiger partial charge is 0.166 e. The third-order valence-corrected chi connectivity index (χ3v) is 4.40. The molecule has 0 aliphatic rings. The zero-order valence-electron chi connectivity index (χ0n) is 10.2. The topological polar surface area (TPSA) is 0 Å². The number of alkyl halides is 4. The van der Waals surface area contributed by atoms with Gasteiger partial charge in [0.05, 0.1) is 10.9 Å². The van der Waals surface area contributed by atoms with Crippen molar-refractivity contribution in [2.75, 3.05) is 0 Å². The predicted molar refractivity (Wildman–Crippen MR) is 72.8 cm³/mol. The fourth-order valence-electron chi connectivity index (χ4n) is 1.76. The van der Waals surface area contributed by atoms with Crippen molar-refractivity contribution in [1.29, 1.82) is 0 Å². The molecule has 0 bridgehead atoms. The van der Waals surface area contributed by atoms with Crippen LogP contribution in [0.4, 0.5) is 13.2 Å². The summed E-state index contributed by atoms with van der Waals surface area (Å²) >= 11 is 7.88. The minimum absolute atomic E-state index is 0.199. The van der Waals surface area contributed by atoms with Gasteiger partial charge in [-0.2, -0.15) is 13.2 Å². The molecule has 0 N–H and O–H groups in total. The van der Waals surface area contributed by atoms with Crippen LogP contribution in [0.5, 0.6) is 0 Å². The molecule has 2 aromatic rings. The first kappa shape index (κ1) is 14.4. The molecule has 1 aromatic heterocycles. The SMILES string of the molecule is Cc1ccc(C(Cl)Cc2ccc(C(F)(F)F)cc2)s1. The molecule has 0 aliphatic heterocycles. The molecule has 1 aromatic carbocycles. The van der Waals surface area contributed by atoms with E-state index in [0.29, 0.717) is 6.42 Å². The third-order valence-electron chi connectivity index (χ3n) is 2.77. The zero-order chi connectivity index (χ0) is 14.0. The highest BCUT2D eigenvalue weighted by Crippen LogP contribution is 2.32. The molecule has 0 saturated carbocycles. The van der Waals surface area contributed by atoms with E-state index in [9.17, 15) is 13.2 Å². The molecule has 19 heavy (non-hydrogen) atoms. The summed E-state index contributed by atoms with van der Waals surface area (Å²) in [5, 5.41) is -0.199. The van der Waals surface area contributed by atoms with E-state index in [1.807, 2.05) is 19.1 Å². The van der Waals surface area contributed by atoms with Crippen molar-refractivity contribution in [3.8, 4) is 0 Å². The van der Waals surface area contributed by atoms with Gasteiger partial charge >= 0.3 is 6.18 Å². The highest BCUT2D eigenvalue weighted by atomic mass is 35.5. The summed E-state index contributed by atoms with van der Waals surface area (Å²) in [7, 11) is 0. The van der Waals surface area contributed by atoms with Crippen molar-refractivity contribution in [2.45, 2.75) is 24.9 Å². The van der Waals surface area contributed by atoms with Crippen molar-refractivity contribution < 1.29 is 13.2 Å². The summed E-state index contributed by atoms with van der Waals surface area (Å²) in [5.74, 6) is 0. The molecule has 0 spiro atoms. The molecule has 0 aliphatic carbocycles. The number of thiophene rings is 1. The molecule has 1 unspecified atom stereocenters. The lowest BCUT2D eigenvalue weighted by atomic mass is 10.1. The van der Waals surface area contributed by atoms with Gasteiger partial charge in [0.2, 0.25) is 0 Å². The Balaban J connectivity index is 2.07. The maximum atomic E-state index is 12.4. The van der Waals surface area contributed by atoms with Crippen molar-refractivity contribution in [3.05, 3.63) is 57.3 Å². The Labute approximate surface area is 118 Å². The number of hydrogen-bond acceptors (Lipinski definition) is 1. The van der Waals surface area contributed by atoms with E-state index in [-0.39, 0.29) is 5.38 Å². The van der Waals surface area contributed by atoms with E-state index in [4.69, 9.17) is 11.6 Å². The molecule has 5 heteroatoms. The molecule has 0 nitrogen and oxygen atoms in total. The van der Waals surface area contributed by atoms with E-state index < -0.39 is 11.7 Å². The molecule has 0 fully saturated rings. The van der Waals surface area contributed by atoms with Gasteiger partial charge in [-0.3, -0.25) is 0 Å². The lowest BCUT2D eigenvalue weighted by molar-refractivity contribution is -0.137. The molecule has 102 valence electrons. The summed E-state index contributed by atoms with van der Waals surface area (Å²) in [4.78, 5) is 2.21. The van der Waals surface area contributed by atoms with Gasteiger partial charge in [0, 0.05) is 9.75 Å². The van der Waals surface area contributed by atoms with E-state index >= 15 is 0 Å². The highest BCUT2D eigenvalue weighted by Gasteiger charge is 2.29. The third kappa shape index (κ3) is 3.74. The summed E-state index contributed by atoms with van der Waals surface area (Å²) in [6, 6.07) is 9.11. The minimum Gasteiger partial charge on any atom is -0.166 e. The Hall–Kier alpha value is -1.00. The maximum Gasteiger partial charge on any atom is 0.416 e. The fraction of sp³-hybridized carbons (Fsp3) is 0.286. The number of hydrogen-bond donors (Lipinski definition) is 0. The van der Waals surface area contributed by atoms with Crippen LogP contribution in [0.25, 0.3) is 0 Å². The lowest BCUT2D eigenvalue weighted by Gasteiger charge is -2.10. The van der Waals surface area contributed by atoms with Crippen molar-refractivity contribution in [3.63, 3.8) is 0 Å². The molecule has 0 radical (unpaired) electrons. The van der Waals surface area contributed by atoms with Gasteiger partial charge in [0.1, 0.15) is 0 Å². The molecule has 0 saturated heterocycles. The maximum absolute atomic E-state index is 12.4. The van der Waals surface area contributed by atoms with Crippen molar-refractivity contribution in [2.24, 2.45) is 0 Å². The van der Waals surface area contributed by atoms with Crippen LogP contribution in [0.1, 0.15) is 26.3 Å². The quantitative estimate of drug-likeness (QED) is 0.648. The van der Waals surface area contributed by atoms with Gasteiger partial charge in [-0.25, -0.2) is 0 Å². The van der Waals surface area contributed by atoms with Crippen LogP contribution < -0.4 is 0 Å². The first-order valence-corrected chi connectivity index (χ1v) is 6.98. The van der Waals surface area contributed by atoms with E-state index in [2.05, 4.69) is 0 Å². The van der Waals surface area contributed by atoms with E-state index in [0.717, 1.165) is 22.6 Å². The summed E-state index contributed by atoms with van der Waals surface area (Å²) in [6.07, 6.45) is -3.76. The second-order valence-corrected chi connectivity index (χ2v) is 6.16. The average molecular weight is 305 g/mol.